The van der Waals surface area contributed by atoms with E-state index >= 15 is 0 Å². The van der Waals surface area contributed by atoms with E-state index in [1.165, 1.54) is 0 Å². The Balaban J connectivity index is 2.17. The van der Waals surface area contributed by atoms with E-state index in [1.807, 2.05) is 25.1 Å². The maximum atomic E-state index is 8.78. The van der Waals surface area contributed by atoms with Crippen molar-refractivity contribution in [2.24, 2.45) is 0 Å². The number of hydrogen-bond donors (Lipinski definition) is 1. The van der Waals surface area contributed by atoms with Crippen LogP contribution in [0.2, 0.25) is 0 Å². The Morgan fingerprint density at radius 3 is 2.82 bits per heavy atom. The second-order valence-corrected chi connectivity index (χ2v) is 4.54. The lowest BCUT2D eigenvalue weighted by atomic mass is 10.2. The molecule has 1 aromatic carbocycles. The highest BCUT2D eigenvalue weighted by Gasteiger charge is 2.09. The fraction of sp³-hybridized carbons (Fsp3) is 0.154. The van der Waals surface area contributed by atoms with E-state index in [1.54, 1.807) is 18.4 Å². The van der Waals surface area contributed by atoms with Crippen molar-refractivity contribution in [1.82, 2.24) is 0 Å². The van der Waals surface area contributed by atoms with Crippen molar-refractivity contribution < 1.29 is 4.42 Å². The van der Waals surface area contributed by atoms with Crippen LogP contribution in [0.15, 0.2) is 45.5 Å². The van der Waals surface area contributed by atoms with Gasteiger partial charge in [0.15, 0.2) is 0 Å². The lowest BCUT2D eigenvalue weighted by molar-refractivity contribution is 0.490. The van der Waals surface area contributed by atoms with Crippen LogP contribution in [-0.2, 0) is 0 Å². The predicted molar refractivity (Wildman–Crippen MR) is 69.6 cm³/mol. The quantitative estimate of drug-likeness (QED) is 0.926. The van der Waals surface area contributed by atoms with Gasteiger partial charge in [-0.25, -0.2) is 0 Å². The van der Waals surface area contributed by atoms with E-state index in [-0.39, 0.29) is 6.04 Å². The average molecular weight is 291 g/mol. The van der Waals surface area contributed by atoms with Gasteiger partial charge in [-0.05, 0) is 53.2 Å². The first-order chi connectivity index (χ1) is 8.20. The molecule has 1 aromatic heterocycles. The first-order valence-electron chi connectivity index (χ1n) is 5.20. The van der Waals surface area contributed by atoms with Gasteiger partial charge in [0.1, 0.15) is 5.76 Å². The Kier molecular flexibility index (Phi) is 3.50. The van der Waals surface area contributed by atoms with Gasteiger partial charge in [-0.15, -0.1) is 0 Å². The highest BCUT2D eigenvalue weighted by molar-refractivity contribution is 9.10. The number of hydrogen-bond acceptors (Lipinski definition) is 3. The number of nitriles is 1. The topological polar surface area (TPSA) is 49.0 Å². The summed E-state index contributed by atoms with van der Waals surface area (Å²) in [4.78, 5) is 0. The summed E-state index contributed by atoms with van der Waals surface area (Å²) in [6.45, 7) is 2.02. The highest BCUT2D eigenvalue weighted by Crippen LogP contribution is 2.27. The van der Waals surface area contributed by atoms with Gasteiger partial charge in [0.2, 0.25) is 0 Å². The number of halogens is 1. The minimum Gasteiger partial charge on any atom is -0.467 e. The third-order valence-corrected chi connectivity index (χ3v) is 3.10. The van der Waals surface area contributed by atoms with Gasteiger partial charge < -0.3 is 9.73 Å². The van der Waals surface area contributed by atoms with E-state index in [9.17, 15) is 0 Å². The Morgan fingerprint density at radius 2 is 2.24 bits per heavy atom. The molecule has 0 spiro atoms. The van der Waals surface area contributed by atoms with Gasteiger partial charge in [-0.1, -0.05) is 0 Å². The second kappa shape index (κ2) is 5.07. The van der Waals surface area contributed by atoms with E-state index in [4.69, 9.17) is 9.68 Å². The molecule has 0 aliphatic rings. The molecule has 0 saturated carbocycles. The molecule has 17 heavy (non-hydrogen) atoms. The number of rotatable bonds is 3. The molecule has 1 unspecified atom stereocenters. The molecule has 1 atom stereocenters. The summed E-state index contributed by atoms with van der Waals surface area (Å²) in [6.07, 6.45) is 1.65. The second-order valence-electron chi connectivity index (χ2n) is 3.69. The third kappa shape index (κ3) is 2.69. The lowest BCUT2D eigenvalue weighted by Gasteiger charge is -2.14. The predicted octanol–water partition coefficient (Wildman–Crippen LogP) is 4.09. The number of anilines is 1. The third-order valence-electron chi connectivity index (χ3n) is 2.44. The smallest absolute Gasteiger partial charge is 0.125 e. The van der Waals surface area contributed by atoms with Crippen molar-refractivity contribution in [3.8, 4) is 6.07 Å². The molecule has 86 valence electrons. The van der Waals surface area contributed by atoms with Gasteiger partial charge in [-0.3, -0.25) is 0 Å². The van der Waals surface area contributed by atoms with Crippen molar-refractivity contribution in [1.29, 1.82) is 5.26 Å². The fourth-order valence-electron chi connectivity index (χ4n) is 1.54. The molecule has 3 nitrogen and oxygen atoms in total. The Bertz CT molecular complexity index is 543. The van der Waals surface area contributed by atoms with Crippen LogP contribution in [0.3, 0.4) is 0 Å². The minimum atomic E-state index is 0.0780. The molecule has 0 amide bonds. The van der Waals surface area contributed by atoms with Crippen LogP contribution >= 0.6 is 15.9 Å². The monoisotopic (exact) mass is 290 g/mol. The number of benzene rings is 1. The molecular weight excluding hydrogens is 280 g/mol. The summed E-state index contributed by atoms with van der Waals surface area (Å²) in [7, 11) is 0. The maximum Gasteiger partial charge on any atom is 0.125 e. The van der Waals surface area contributed by atoms with Gasteiger partial charge in [-0.2, -0.15) is 5.26 Å². The molecule has 4 heteroatoms. The molecule has 0 aliphatic carbocycles. The maximum absolute atomic E-state index is 8.78. The molecule has 1 heterocycles. The van der Waals surface area contributed by atoms with Crippen molar-refractivity contribution in [2.45, 2.75) is 13.0 Å². The molecule has 2 aromatic rings. The van der Waals surface area contributed by atoms with E-state index in [0.29, 0.717) is 5.56 Å². The van der Waals surface area contributed by atoms with E-state index in [0.717, 1.165) is 15.9 Å². The van der Waals surface area contributed by atoms with Crippen LogP contribution in [0.1, 0.15) is 24.3 Å². The minimum absolute atomic E-state index is 0.0780. The first-order valence-corrected chi connectivity index (χ1v) is 5.99. The van der Waals surface area contributed by atoms with Crippen molar-refractivity contribution in [3.63, 3.8) is 0 Å². The van der Waals surface area contributed by atoms with Crippen LogP contribution in [0.5, 0.6) is 0 Å². The van der Waals surface area contributed by atoms with Gasteiger partial charge in [0.25, 0.3) is 0 Å². The van der Waals surface area contributed by atoms with Crippen molar-refractivity contribution in [2.75, 3.05) is 5.32 Å². The largest absolute Gasteiger partial charge is 0.467 e. The van der Waals surface area contributed by atoms with E-state index < -0.39 is 0 Å². The molecule has 0 bridgehead atoms. The summed E-state index contributed by atoms with van der Waals surface area (Å²) in [6, 6.07) is 11.4. The summed E-state index contributed by atoms with van der Waals surface area (Å²) in [5, 5.41) is 12.1. The molecule has 0 radical (unpaired) electrons. The number of nitrogens with one attached hydrogen (secondary N) is 1. The average Bonchev–Trinajstić information content (AvgIpc) is 2.85. The van der Waals surface area contributed by atoms with Crippen LogP contribution in [0, 0.1) is 11.3 Å². The zero-order valence-corrected chi connectivity index (χ0v) is 10.9. The van der Waals surface area contributed by atoms with Gasteiger partial charge in [0.05, 0.1) is 23.9 Å². The number of furan rings is 1. The summed E-state index contributed by atoms with van der Waals surface area (Å²) in [5.41, 5.74) is 1.57. The first kappa shape index (κ1) is 11.7. The Hall–Kier alpha value is -1.73. The molecule has 2 rings (SSSR count). The van der Waals surface area contributed by atoms with Crippen LogP contribution in [0.25, 0.3) is 0 Å². The van der Waals surface area contributed by atoms with Crippen molar-refractivity contribution in [3.05, 3.63) is 52.4 Å². The lowest BCUT2D eigenvalue weighted by Crippen LogP contribution is -2.05. The normalized spacial score (nSPS) is 11.8. The zero-order chi connectivity index (χ0) is 12.3. The van der Waals surface area contributed by atoms with Gasteiger partial charge >= 0.3 is 0 Å². The highest BCUT2D eigenvalue weighted by atomic mass is 79.9. The van der Waals surface area contributed by atoms with Gasteiger partial charge in [0, 0.05) is 10.2 Å². The van der Waals surface area contributed by atoms with Crippen LogP contribution in [0.4, 0.5) is 5.69 Å². The van der Waals surface area contributed by atoms with Crippen LogP contribution in [-0.4, -0.2) is 0 Å². The Labute approximate surface area is 108 Å². The standard InChI is InChI=1S/C13H11BrN2O/c1-9(13-3-2-6-17-13)16-12-5-4-10(8-15)7-11(12)14/h2-7,9,16H,1H3. The van der Waals surface area contributed by atoms with Crippen LogP contribution < -0.4 is 5.32 Å². The summed E-state index contributed by atoms with van der Waals surface area (Å²) in [5.74, 6) is 0.876. The molecule has 0 fully saturated rings. The molecular formula is C13H11BrN2O. The number of nitrogens with zero attached hydrogens (tertiary/aromatic N) is 1. The zero-order valence-electron chi connectivity index (χ0n) is 9.27. The molecule has 0 saturated heterocycles. The van der Waals surface area contributed by atoms with E-state index in [2.05, 4.69) is 27.3 Å². The summed E-state index contributed by atoms with van der Waals surface area (Å²) >= 11 is 3.44. The fourth-order valence-corrected chi connectivity index (χ4v) is 2.04. The van der Waals surface area contributed by atoms with Crippen molar-refractivity contribution >= 4 is 21.6 Å². The molecule has 1 N–H and O–H groups in total. The SMILES string of the molecule is CC(Nc1ccc(C#N)cc1Br)c1ccco1. The summed E-state index contributed by atoms with van der Waals surface area (Å²) < 4.78 is 6.19. The Morgan fingerprint density at radius 1 is 1.41 bits per heavy atom. The molecule has 0 aliphatic heterocycles.